The second-order valence-electron chi connectivity index (χ2n) is 8.01. The molecule has 2 N–H and O–H groups in total. The summed E-state index contributed by atoms with van der Waals surface area (Å²) in [6.07, 6.45) is 2.36. The summed E-state index contributed by atoms with van der Waals surface area (Å²) < 4.78 is 11.1. The number of hydrogen-bond donors (Lipinski definition) is 2. The number of amides is 2. The largest absolute Gasteiger partial charge is 0.486 e. The van der Waals surface area contributed by atoms with Crippen LogP contribution in [0.3, 0.4) is 0 Å². The van der Waals surface area contributed by atoms with Gasteiger partial charge in [0.05, 0.1) is 5.92 Å². The highest BCUT2D eigenvalue weighted by Gasteiger charge is 2.36. The fraction of sp³-hybridized carbons (Fsp3) is 0.600. The number of ether oxygens (including phenoxy) is 2. The van der Waals surface area contributed by atoms with Crippen molar-refractivity contribution in [1.29, 1.82) is 0 Å². The first-order chi connectivity index (χ1) is 13.0. The van der Waals surface area contributed by atoms with E-state index in [-0.39, 0.29) is 42.0 Å². The number of carbonyl (C=O) groups is 2. The van der Waals surface area contributed by atoms with Crippen molar-refractivity contribution in [2.75, 3.05) is 44.3 Å². The normalized spacial score (nSPS) is 23.1. The molecule has 1 aromatic carbocycles. The minimum absolute atomic E-state index is 0. The van der Waals surface area contributed by atoms with Gasteiger partial charge in [0, 0.05) is 31.3 Å². The molecule has 3 aliphatic rings. The maximum absolute atomic E-state index is 12.6. The third kappa shape index (κ3) is 4.36. The molecule has 4 rings (SSSR count). The van der Waals surface area contributed by atoms with Gasteiger partial charge in [0.2, 0.25) is 11.8 Å². The molecule has 2 fully saturated rings. The third-order valence-electron chi connectivity index (χ3n) is 5.83. The van der Waals surface area contributed by atoms with E-state index < -0.39 is 0 Å². The van der Waals surface area contributed by atoms with E-state index >= 15 is 0 Å². The van der Waals surface area contributed by atoms with E-state index in [9.17, 15) is 9.59 Å². The number of anilines is 1. The fourth-order valence-electron chi connectivity index (χ4n) is 3.98. The first kappa shape index (κ1) is 20.7. The summed E-state index contributed by atoms with van der Waals surface area (Å²) in [5, 5.41) is 6.44. The van der Waals surface area contributed by atoms with Gasteiger partial charge in [-0.25, -0.2) is 0 Å². The van der Waals surface area contributed by atoms with Crippen molar-refractivity contribution in [2.45, 2.75) is 26.2 Å². The molecular weight excluding hydrogens is 382 g/mol. The van der Waals surface area contributed by atoms with Gasteiger partial charge in [-0.1, -0.05) is 6.92 Å². The van der Waals surface area contributed by atoms with Gasteiger partial charge in [0.1, 0.15) is 13.2 Å². The van der Waals surface area contributed by atoms with Gasteiger partial charge in [-0.05, 0) is 43.5 Å². The molecule has 1 aromatic rings. The number of piperidine rings is 1. The predicted octanol–water partition coefficient (Wildman–Crippen LogP) is 1.74. The Kier molecular flexibility index (Phi) is 6.35. The van der Waals surface area contributed by atoms with Crippen molar-refractivity contribution in [1.82, 2.24) is 10.6 Å². The van der Waals surface area contributed by atoms with E-state index in [0.29, 0.717) is 37.8 Å². The van der Waals surface area contributed by atoms with E-state index in [1.54, 1.807) is 4.90 Å². The van der Waals surface area contributed by atoms with E-state index in [4.69, 9.17) is 9.47 Å². The molecule has 0 aromatic heterocycles. The zero-order chi connectivity index (χ0) is 18.9. The van der Waals surface area contributed by atoms with Crippen LogP contribution in [0, 0.1) is 11.3 Å². The van der Waals surface area contributed by atoms with Crippen LogP contribution in [0.25, 0.3) is 0 Å². The molecule has 2 amide bonds. The first-order valence-electron chi connectivity index (χ1n) is 9.73. The molecule has 0 spiro atoms. The second-order valence-corrected chi connectivity index (χ2v) is 8.01. The molecule has 0 saturated carbocycles. The molecule has 8 heteroatoms. The minimum Gasteiger partial charge on any atom is -0.486 e. The van der Waals surface area contributed by atoms with Crippen molar-refractivity contribution in [2.24, 2.45) is 11.3 Å². The SMILES string of the molecule is CC1(CNC(=O)C2CC(=O)N(c3ccc4c(c3)OCCO4)C2)CCNCC1.Cl. The highest BCUT2D eigenvalue weighted by Crippen LogP contribution is 2.36. The summed E-state index contributed by atoms with van der Waals surface area (Å²) in [6, 6.07) is 5.49. The average molecular weight is 410 g/mol. The van der Waals surface area contributed by atoms with Gasteiger partial charge >= 0.3 is 0 Å². The van der Waals surface area contributed by atoms with Crippen molar-refractivity contribution >= 4 is 29.9 Å². The summed E-state index contributed by atoms with van der Waals surface area (Å²) in [6.45, 7) is 6.31. The van der Waals surface area contributed by atoms with Gasteiger partial charge in [-0.3, -0.25) is 9.59 Å². The average Bonchev–Trinajstić information content (AvgIpc) is 3.08. The lowest BCUT2D eigenvalue weighted by Crippen LogP contribution is -2.44. The third-order valence-corrected chi connectivity index (χ3v) is 5.83. The summed E-state index contributed by atoms with van der Waals surface area (Å²) in [4.78, 5) is 26.8. The van der Waals surface area contributed by atoms with Crippen LogP contribution in [0.5, 0.6) is 11.5 Å². The molecule has 1 unspecified atom stereocenters. The Bertz CT molecular complexity index is 736. The molecule has 1 atom stereocenters. The molecule has 7 nitrogen and oxygen atoms in total. The smallest absolute Gasteiger partial charge is 0.227 e. The summed E-state index contributed by atoms with van der Waals surface area (Å²) >= 11 is 0. The van der Waals surface area contributed by atoms with Crippen molar-refractivity contribution in [3.8, 4) is 11.5 Å². The van der Waals surface area contributed by atoms with Crippen molar-refractivity contribution < 1.29 is 19.1 Å². The number of benzene rings is 1. The molecule has 0 radical (unpaired) electrons. The Labute approximate surface area is 171 Å². The maximum atomic E-state index is 12.6. The van der Waals surface area contributed by atoms with E-state index in [0.717, 1.165) is 31.6 Å². The molecule has 0 aliphatic carbocycles. The standard InChI is InChI=1S/C20H27N3O4.ClH/c1-20(4-6-21-7-5-20)13-22-19(25)14-10-18(24)23(12-14)15-2-3-16-17(11-15)27-9-8-26-16;/h2-3,11,14,21H,4-10,12-13H2,1H3,(H,22,25);1H. The van der Waals surface area contributed by atoms with Gasteiger partial charge in [0.25, 0.3) is 0 Å². The Hall–Kier alpha value is -1.99. The zero-order valence-electron chi connectivity index (χ0n) is 16.2. The van der Waals surface area contributed by atoms with Crippen LogP contribution in [0.15, 0.2) is 18.2 Å². The number of carbonyl (C=O) groups excluding carboxylic acids is 2. The highest BCUT2D eigenvalue weighted by atomic mass is 35.5. The van der Waals surface area contributed by atoms with Crippen LogP contribution in [0.1, 0.15) is 26.2 Å². The molecule has 0 bridgehead atoms. The van der Waals surface area contributed by atoms with E-state index in [1.165, 1.54) is 0 Å². The van der Waals surface area contributed by atoms with Crippen LogP contribution in [0.2, 0.25) is 0 Å². The molecule has 28 heavy (non-hydrogen) atoms. The van der Waals surface area contributed by atoms with E-state index in [1.807, 2.05) is 18.2 Å². The minimum atomic E-state index is -0.309. The summed E-state index contributed by atoms with van der Waals surface area (Å²) in [7, 11) is 0. The Morgan fingerprint density at radius 1 is 1.25 bits per heavy atom. The maximum Gasteiger partial charge on any atom is 0.227 e. The number of nitrogens with zero attached hydrogens (tertiary/aromatic N) is 1. The van der Waals surface area contributed by atoms with Gasteiger partial charge in [-0.15, -0.1) is 12.4 Å². The van der Waals surface area contributed by atoms with Crippen LogP contribution < -0.4 is 25.0 Å². The topological polar surface area (TPSA) is 79.9 Å². The molecule has 2 saturated heterocycles. The fourth-order valence-corrected chi connectivity index (χ4v) is 3.98. The predicted molar refractivity (Wildman–Crippen MR) is 108 cm³/mol. The lowest BCUT2D eigenvalue weighted by Gasteiger charge is -2.34. The van der Waals surface area contributed by atoms with Crippen LogP contribution in [-0.2, 0) is 9.59 Å². The van der Waals surface area contributed by atoms with E-state index in [2.05, 4.69) is 17.6 Å². The lowest BCUT2D eigenvalue weighted by atomic mass is 9.81. The highest BCUT2D eigenvalue weighted by molar-refractivity contribution is 6.00. The lowest BCUT2D eigenvalue weighted by molar-refractivity contribution is -0.126. The van der Waals surface area contributed by atoms with Crippen molar-refractivity contribution in [3.63, 3.8) is 0 Å². The number of halogens is 1. The van der Waals surface area contributed by atoms with Gasteiger partial charge < -0.3 is 25.0 Å². The molecular formula is C20H28ClN3O4. The summed E-state index contributed by atoms with van der Waals surface area (Å²) in [5.41, 5.74) is 0.892. The Balaban J connectivity index is 0.00000225. The monoisotopic (exact) mass is 409 g/mol. The number of fused-ring (bicyclic) bond motifs is 1. The Morgan fingerprint density at radius 2 is 1.96 bits per heavy atom. The second kappa shape index (κ2) is 8.57. The van der Waals surface area contributed by atoms with Crippen LogP contribution in [-0.4, -0.2) is 51.2 Å². The van der Waals surface area contributed by atoms with Crippen LogP contribution >= 0.6 is 12.4 Å². The Morgan fingerprint density at radius 3 is 2.71 bits per heavy atom. The zero-order valence-corrected chi connectivity index (χ0v) is 17.0. The molecule has 154 valence electrons. The van der Waals surface area contributed by atoms with Gasteiger partial charge in [-0.2, -0.15) is 0 Å². The number of nitrogens with one attached hydrogen (secondary N) is 2. The number of hydrogen-bond acceptors (Lipinski definition) is 5. The molecule has 3 aliphatic heterocycles. The van der Waals surface area contributed by atoms with Gasteiger partial charge in [0.15, 0.2) is 11.5 Å². The summed E-state index contributed by atoms with van der Waals surface area (Å²) in [5.74, 6) is 0.985. The first-order valence-corrected chi connectivity index (χ1v) is 9.73. The van der Waals surface area contributed by atoms with Crippen molar-refractivity contribution in [3.05, 3.63) is 18.2 Å². The number of rotatable bonds is 4. The quantitative estimate of drug-likeness (QED) is 0.791. The molecule has 3 heterocycles. The van der Waals surface area contributed by atoms with Crippen LogP contribution in [0.4, 0.5) is 5.69 Å².